The van der Waals surface area contributed by atoms with E-state index in [9.17, 15) is 4.79 Å². The quantitative estimate of drug-likeness (QED) is 0.693. The molecule has 3 heteroatoms. The van der Waals surface area contributed by atoms with E-state index in [1.165, 1.54) is 17.0 Å². The zero-order chi connectivity index (χ0) is 10.5. The highest BCUT2D eigenvalue weighted by Gasteiger charge is 1.96. The molecule has 0 N–H and O–H groups in total. The number of hydrogen-bond donors (Lipinski definition) is 0. The first-order chi connectivity index (χ1) is 7.36. The van der Waals surface area contributed by atoms with Crippen LogP contribution in [0.25, 0.3) is 6.08 Å². The van der Waals surface area contributed by atoms with E-state index in [0.717, 1.165) is 5.56 Å². The van der Waals surface area contributed by atoms with E-state index in [1.807, 2.05) is 30.3 Å². The van der Waals surface area contributed by atoms with Crippen LogP contribution in [0.3, 0.4) is 0 Å². The van der Waals surface area contributed by atoms with Gasteiger partial charge in [0.1, 0.15) is 6.33 Å². The molecule has 0 radical (unpaired) electrons. The molecule has 1 aromatic heterocycles. The summed E-state index contributed by atoms with van der Waals surface area (Å²) in [6.07, 6.45) is 7.99. The smallest absolute Gasteiger partial charge is 0.255 e. The minimum atomic E-state index is -0.101. The lowest BCUT2D eigenvalue weighted by atomic mass is 10.2. The maximum atomic E-state index is 11.5. The Morgan fingerprint density at radius 1 is 1.27 bits per heavy atom. The van der Waals surface area contributed by atoms with Gasteiger partial charge in [0.15, 0.2) is 0 Å². The third kappa shape index (κ3) is 2.40. The standard InChI is InChI=1S/C12H10N2O/c15-12(14-9-8-13-10-14)7-6-11-4-2-1-3-5-11/h1-10H. The van der Waals surface area contributed by atoms with Crippen molar-refractivity contribution in [1.82, 2.24) is 9.55 Å². The number of imidazole rings is 1. The fourth-order valence-electron chi connectivity index (χ4n) is 1.21. The van der Waals surface area contributed by atoms with Crippen LogP contribution in [0.15, 0.2) is 55.1 Å². The molecule has 0 atom stereocenters. The summed E-state index contributed by atoms with van der Waals surface area (Å²) in [4.78, 5) is 15.3. The molecular weight excluding hydrogens is 188 g/mol. The number of aromatic nitrogens is 2. The summed E-state index contributed by atoms with van der Waals surface area (Å²) in [5, 5.41) is 0. The van der Waals surface area contributed by atoms with Gasteiger partial charge in [0, 0.05) is 18.5 Å². The molecule has 0 aliphatic heterocycles. The molecule has 2 rings (SSSR count). The van der Waals surface area contributed by atoms with Gasteiger partial charge in [0.25, 0.3) is 5.91 Å². The van der Waals surface area contributed by atoms with Crippen LogP contribution in [0.2, 0.25) is 0 Å². The summed E-state index contributed by atoms with van der Waals surface area (Å²) >= 11 is 0. The van der Waals surface area contributed by atoms with Gasteiger partial charge >= 0.3 is 0 Å². The number of carbonyl (C=O) groups excluding carboxylic acids is 1. The molecule has 0 aliphatic carbocycles. The fraction of sp³-hybridized carbons (Fsp3) is 0. The summed E-state index contributed by atoms with van der Waals surface area (Å²) in [5.74, 6) is -0.101. The average molecular weight is 198 g/mol. The lowest BCUT2D eigenvalue weighted by Gasteiger charge is -1.93. The maximum Gasteiger partial charge on any atom is 0.255 e. The van der Waals surface area contributed by atoms with Crippen LogP contribution in [0, 0.1) is 0 Å². The largest absolute Gasteiger partial charge is 0.273 e. The van der Waals surface area contributed by atoms with Crippen molar-refractivity contribution in [3.63, 3.8) is 0 Å². The second-order valence-corrected chi connectivity index (χ2v) is 3.05. The van der Waals surface area contributed by atoms with Crippen molar-refractivity contribution in [3.8, 4) is 0 Å². The van der Waals surface area contributed by atoms with Gasteiger partial charge in [-0.15, -0.1) is 0 Å². The van der Waals surface area contributed by atoms with Gasteiger partial charge in [0.05, 0.1) is 0 Å². The van der Waals surface area contributed by atoms with E-state index >= 15 is 0 Å². The summed E-state index contributed by atoms with van der Waals surface area (Å²) in [7, 11) is 0. The Labute approximate surface area is 87.7 Å². The average Bonchev–Trinajstić information content (AvgIpc) is 2.81. The van der Waals surface area contributed by atoms with Gasteiger partial charge in [-0.2, -0.15) is 0 Å². The third-order valence-electron chi connectivity index (χ3n) is 1.98. The molecule has 3 nitrogen and oxygen atoms in total. The summed E-state index contributed by atoms with van der Waals surface area (Å²) < 4.78 is 1.43. The monoisotopic (exact) mass is 198 g/mol. The van der Waals surface area contributed by atoms with E-state index in [1.54, 1.807) is 18.5 Å². The van der Waals surface area contributed by atoms with Gasteiger partial charge in [-0.25, -0.2) is 4.98 Å². The minimum absolute atomic E-state index is 0.101. The van der Waals surface area contributed by atoms with E-state index in [4.69, 9.17) is 0 Å². The number of rotatable bonds is 2. The lowest BCUT2D eigenvalue weighted by Crippen LogP contribution is -2.03. The lowest BCUT2D eigenvalue weighted by molar-refractivity contribution is 0.0969. The SMILES string of the molecule is O=C(C=Cc1ccccc1)n1ccnc1. The van der Waals surface area contributed by atoms with Crippen molar-refractivity contribution >= 4 is 12.0 Å². The summed E-state index contributed by atoms with van der Waals surface area (Å²) in [6, 6.07) is 9.69. The zero-order valence-electron chi connectivity index (χ0n) is 8.08. The second-order valence-electron chi connectivity index (χ2n) is 3.05. The van der Waals surface area contributed by atoms with Crippen LogP contribution in [-0.4, -0.2) is 15.5 Å². The Morgan fingerprint density at radius 2 is 2.07 bits per heavy atom. The highest BCUT2D eigenvalue weighted by Crippen LogP contribution is 2.01. The van der Waals surface area contributed by atoms with Crippen molar-refractivity contribution in [2.75, 3.05) is 0 Å². The molecular formula is C12H10N2O. The predicted molar refractivity (Wildman–Crippen MR) is 58.3 cm³/mol. The van der Waals surface area contributed by atoms with E-state index in [0.29, 0.717) is 0 Å². The van der Waals surface area contributed by atoms with Crippen molar-refractivity contribution in [2.45, 2.75) is 0 Å². The van der Waals surface area contributed by atoms with Crippen molar-refractivity contribution in [2.24, 2.45) is 0 Å². The molecule has 0 unspecified atom stereocenters. The Kier molecular flexibility index (Phi) is 2.74. The van der Waals surface area contributed by atoms with Gasteiger partial charge < -0.3 is 0 Å². The first kappa shape index (κ1) is 9.40. The highest BCUT2D eigenvalue weighted by molar-refractivity contribution is 5.93. The number of allylic oxidation sites excluding steroid dienone is 1. The van der Waals surface area contributed by atoms with Crippen molar-refractivity contribution < 1.29 is 4.79 Å². The van der Waals surface area contributed by atoms with Crippen molar-refractivity contribution in [1.29, 1.82) is 0 Å². The summed E-state index contributed by atoms with van der Waals surface area (Å²) in [5.41, 5.74) is 1.01. The van der Waals surface area contributed by atoms with Gasteiger partial charge in [0.2, 0.25) is 0 Å². The molecule has 15 heavy (non-hydrogen) atoms. The van der Waals surface area contributed by atoms with E-state index in [-0.39, 0.29) is 5.91 Å². The van der Waals surface area contributed by atoms with Crippen LogP contribution < -0.4 is 0 Å². The van der Waals surface area contributed by atoms with Crippen LogP contribution >= 0.6 is 0 Å². The molecule has 0 fully saturated rings. The van der Waals surface area contributed by atoms with Crippen LogP contribution in [0.1, 0.15) is 10.4 Å². The molecule has 0 aliphatic rings. The van der Waals surface area contributed by atoms with Crippen LogP contribution in [-0.2, 0) is 0 Å². The molecule has 74 valence electrons. The molecule has 0 saturated carbocycles. The first-order valence-electron chi connectivity index (χ1n) is 4.62. The fourth-order valence-corrected chi connectivity index (χ4v) is 1.21. The molecule has 1 aromatic carbocycles. The van der Waals surface area contributed by atoms with Gasteiger partial charge in [-0.3, -0.25) is 9.36 Å². The Balaban J connectivity index is 2.10. The van der Waals surface area contributed by atoms with Gasteiger partial charge in [-0.05, 0) is 11.6 Å². The van der Waals surface area contributed by atoms with E-state index < -0.39 is 0 Å². The third-order valence-corrected chi connectivity index (χ3v) is 1.98. The Bertz CT molecular complexity index is 458. The molecule has 2 aromatic rings. The molecule has 0 spiro atoms. The number of benzene rings is 1. The first-order valence-corrected chi connectivity index (χ1v) is 4.62. The normalized spacial score (nSPS) is 10.7. The predicted octanol–water partition coefficient (Wildman–Crippen LogP) is 2.24. The minimum Gasteiger partial charge on any atom is -0.273 e. The Morgan fingerprint density at radius 3 is 2.73 bits per heavy atom. The van der Waals surface area contributed by atoms with Crippen LogP contribution in [0.4, 0.5) is 0 Å². The summed E-state index contributed by atoms with van der Waals surface area (Å²) in [6.45, 7) is 0. The highest BCUT2D eigenvalue weighted by atomic mass is 16.1. The van der Waals surface area contributed by atoms with Gasteiger partial charge in [-0.1, -0.05) is 30.3 Å². The molecule has 1 heterocycles. The molecule has 0 bridgehead atoms. The number of carbonyl (C=O) groups is 1. The second kappa shape index (κ2) is 4.37. The zero-order valence-corrected chi connectivity index (χ0v) is 8.08. The Hall–Kier alpha value is -2.16. The van der Waals surface area contributed by atoms with Crippen molar-refractivity contribution in [3.05, 3.63) is 60.7 Å². The molecule has 0 saturated heterocycles. The molecule has 0 amide bonds. The van der Waals surface area contributed by atoms with Crippen LogP contribution in [0.5, 0.6) is 0 Å². The maximum absolute atomic E-state index is 11.5. The number of hydrogen-bond acceptors (Lipinski definition) is 2. The number of nitrogens with zero attached hydrogens (tertiary/aromatic N) is 2. The topological polar surface area (TPSA) is 34.9 Å². The van der Waals surface area contributed by atoms with E-state index in [2.05, 4.69) is 4.98 Å².